The van der Waals surface area contributed by atoms with E-state index < -0.39 is 0 Å². The van der Waals surface area contributed by atoms with E-state index in [1.807, 2.05) is 0 Å². The molecule has 0 amide bonds. The van der Waals surface area contributed by atoms with Crippen molar-refractivity contribution in [2.75, 3.05) is 0 Å². The number of imidazole rings is 1. The molecule has 0 unspecified atom stereocenters. The fraction of sp³-hybridized carbons (Fsp3) is 0.0469. The predicted octanol–water partition coefficient (Wildman–Crippen LogP) is 17.1. The summed E-state index contributed by atoms with van der Waals surface area (Å²) in [6, 6.07) is 80.5. The highest BCUT2D eigenvalue weighted by molar-refractivity contribution is 6.22. The molecule has 0 aliphatic heterocycles. The number of fused-ring (bicyclic) bond motifs is 8. The van der Waals surface area contributed by atoms with Crippen molar-refractivity contribution in [3.63, 3.8) is 0 Å². The molecule has 2 heterocycles. The Morgan fingerprint density at radius 3 is 1.48 bits per heavy atom. The Bertz CT molecular complexity index is 3880. The number of hydrogen-bond acceptors (Lipinski definition) is 1. The lowest BCUT2D eigenvalue weighted by Crippen LogP contribution is -2.15. The third-order valence-corrected chi connectivity index (χ3v) is 14.2. The molecule has 0 spiro atoms. The SMILES string of the molecule is CC1(C)c2cc(-c3ccc(-c4cn5ccc6ccccc6c5n4)cc3)ccc2-c2cc3c(-c4cccc(-c5ccccc5)c4)c4ccccc4c(-c4cccc(-c5ccccc5)c4)c3cc21. The molecule has 12 aromatic rings. The van der Waals surface area contributed by atoms with Crippen molar-refractivity contribution >= 4 is 38.0 Å². The van der Waals surface area contributed by atoms with Crippen LogP contribution in [0.4, 0.5) is 0 Å². The van der Waals surface area contributed by atoms with Crippen molar-refractivity contribution in [3.8, 4) is 78.0 Å². The molecular weight excluding hydrogens is 797 g/mol. The Morgan fingerprint density at radius 2 is 0.833 bits per heavy atom. The summed E-state index contributed by atoms with van der Waals surface area (Å²) in [4.78, 5) is 5.09. The number of benzene rings is 10. The van der Waals surface area contributed by atoms with Crippen LogP contribution >= 0.6 is 0 Å². The van der Waals surface area contributed by atoms with Crippen molar-refractivity contribution in [1.82, 2.24) is 9.38 Å². The van der Waals surface area contributed by atoms with E-state index in [0.29, 0.717) is 0 Å². The van der Waals surface area contributed by atoms with Crippen LogP contribution in [0.2, 0.25) is 0 Å². The van der Waals surface area contributed by atoms with E-state index in [2.05, 4.69) is 249 Å². The Balaban J connectivity index is 0.979. The normalized spacial score (nSPS) is 12.8. The van der Waals surface area contributed by atoms with Gasteiger partial charge in [0.05, 0.1) is 5.69 Å². The lowest BCUT2D eigenvalue weighted by Gasteiger charge is -2.24. The maximum Gasteiger partial charge on any atom is 0.145 e. The summed E-state index contributed by atoms with van der Waals surface area (Å²) < 4.78 is 2.13. The molecule has 2 aromatic heterocycles. The smallest absolute Gasteiger partial charge is 0.145 e. The first-order valence-corrected chi connectivity index (χ1v) is 22.9. The molecule has 0 saturated carbocycles. The van der Waals surface area contributed by atoms with Gasteiger partial charge in [0.1, 0.15) is 5.65 Å². The van der Waals surface area contributed by atoms with Crippen LogP contribution in [-0.4, -0.2) is 9.38 Å². The molecule has 2 nitrogen and oxygen atoms in total. The fourth-order valence-electron chi connectivity index (χ4n) is 10.9. The highest BCUT2D eigenvalue weighted by Gasteiger charge is 2.37. The Kier molecular flexibility index (Phi) is 8.60. The van der Waals surface area contributed by atoms with Crippen LogP contribution in [0.5, 0.6) is 0 Å². The summed E-state index contributed by atoms with van der Waals surface area (Å²) in [6.45, 7) is 4.81. The highest BCUT2D eigenvalue weighted by atomic mass is 15.0. The maximum absolute atomic E-state index is 5.09. The molecule has 0 radical (unpaired) electrons. The molecule has 0 N–H and O–H groups in total. The summed E-state index contributed by atoms with van der Waals surface area (Å²) in [5.41, 5.74) is 20.4. The first kappa shape index (κ1) is 38.2. The number of nitrogens with zero attached hydrogens (tertiary/aromatic N) is 2. The second kappa shape index (κ2) is 14.9. The quantitative estimate of drug-likeness (QED) is 0.153. The van der Waals surface area contributed by atoms with Gasteiger partial charge in [0, 0.05) is 28.8 Å². The molecule has 0 atom stereocenters. The Morgan fingerprint density at radius 1 is 0.348 bits per heavy atom. The Labute approximate surface area is 384 Å². The van der Waals surface area contributed by atoms with Gasteiger partial charge in [-0.05, 0) is 141 Å². The minimum atomic E-state index is -0.240. The standard InChI is InChI=1S/C64H44N2/c1-64(2)58-37-48(43-27-29-45(30-28-43)60-40-66-34-33-44-19-9-10-24-51(44)63(66)65-60)31-32-52(58)55-38-56-57(39-59(55)64)62(50-23-14-21-47(36-50)42-17-7-4-8-18-42)54-26-12-11-25-53(54)61(56)49-22-13-20-46(35-49)41-15-5-3-6-16-41/h3-40H,1-2H3. The van der Waals surface area contributed by atoms with Crippen LogP contribution in [0.1, 0.15) is 25.0 Å². The molecule has 310 valence electrons. The fourth-order valence-corrected chi connectivity index (χ4v) is 10.9. The molecule has 13 rings (SSSR count). The van der Waals surface area contributed by atoms with E-state index >= 15 is 0 Å². The van der Waals surface area contributed by atoms with E-state index in [-0.39, 0.29) is 5.41 Å². The summed E-state index contributed by atoms with van der Waals surface area (Å²) in [6.07, 6.45) is 4.24. The van der Waals surface area contributed by atoms with Gasteiger partial charge in [-0.25, -0.2) is 4.98 Å². The average molecular weight is 841 g/mol. The first-order chi connectivity index (χ1) is 32.5. The highest BCUT2D eigenvalue weighted by Crippen LogP contribution is 2.54. The van der Waals surface area contributed by atoms with Crippen molar-refractivity contribution in [1.29, 1.82) is 0 Å². The van der Waals surface area contributed by atoms with Crippen molar-refractivity contribution < 1.29 is 0 Å². The van der Waals surface area contributed by atoms with Crippen LogP contribution in [0.15, 0.2) is 231 Å². The van der Waals surface area contributed by atoms with E-state index in [1.54, 1.807) is 0 Å². The van der Waals surface area contributed by atoms with Crippen molar-refractivity contribution in [2.24, 2.45) is 0 Å². The second-order valence-electron chi connectivity index (χ2n) is 18.4. The minimum absolute atomic E-state index is 0.240. The van der Waals surface area contributed by atoms with Crippen LogP contribution in [0.3, 0.4) is 0 Å². The van der Waals surface area contributed by atoms with E-state index in [9.17, 15) is 0 Å². The summed E-state index contributed by atoms with van der Waals surface area (Å²) in [7, 11) is 0. The van der Waals surface area contributed by atoms with Gasteiger partial charge >= 0.3 is 0 Å². The van der Waals surface area contributed by atoms with Gasteiger partial charge < -0.3 is 4.40 Å². The van der Waals surface area contributed by atoms with Gasteiger partial charge in [-0.3, -0.25) is 0 Å². The summed E-state index contributed by atoms with van der Waals surface area (Å²) in [5, 5.41) is 7.40. The zero-order chi connectivity index (χ0) is 43.9. The van der Waals surface area contributed by atoms with Gasteiger partial charge in [0.2, 0.25) is 0 Å². The monoisotopic (exact) mass is 840 g/mol. The van der Waals surface area contributed by atoms with E-state index in [4.69, 9.17) is 4.98 Å². The number of aromatic nitrogens is 2. The van der Waals surface area contributed by atoms with Gasteiger partial charge in [0.25, 0.3) is 0 Å². The van der Waals surface area contributed by atoms with Gasteiger partial charge in [-0.1, -0.05) is 196 Å². The minimum Gasteiger partial charge on any atom is -0.306 e. The van der Waals surface area contributed by atoms with Crippen LogP contribution < -0.4 is 0 Å². The molecule has 1 aliphatic rings. The number of rotatable bonds is 6. The van der Waals surface area contributed by atoms with Crippen molar-refractivity contribution in [2.45, 2.75) is 19.3 Å². The molecule has 0 bridgehead atoms. The largest absolute Gasteiger partial charge is 0.306 e. The summed E-state index contributed by atoms with van der Waals surface area (Å²) >= 11 is 0. The maximum atomic E-state index is 5.09. The molecule has 66 heavy (non-hydrogen) atoms. The third-order valence-electron chi connectivity index (χ3n) is 14.2. The topological polar surface area (TPSA) is 17.3 Å². The van der Waals surface area contributed by atoms with Crippen LogP contribution in [0, 0.1) is 0 Å². The Hall–Kier alpha value is -8.33. The molecule has 0 saturated heterocycles. The number of pyridine rings is 1. The average Bonchev–Trinajstić information content (AvgIpc) is 3.92. The first-order valence-electron chi connectivity index (χ1n) is 22.9. The van der Waals surface area contributed by atoms with E-state index in [0.717, 1.165) is 22.3 Å². The third kappa shape index (κ3) is 6.06. The molecule has 2 heteroatoms. The molecule has 0 fully saturated rings. The zero-order valence-electron chi connectivity index (χ0n) is 36.8. The van der Waals surface area contributed by atoms with Gasteiger partial charge in [0.15, 0.2) is 0 Å². The molecule has 1 aliphatic carbocycles. The second-order valence-corrected chi connectivity index (χ2v) is 18.4. The number of hydrogen-bond donors (Lipinski definition) is 0. The lowest BCUT2D eigenvalue weighted by molar-refractivity contribution is 0.661. The zero-order valence-corrected chi connectivity index (χ0v) is 36.8. The lowest BCUT2D eigenvalue weighted by atomic mass is 9.79. The van der Waals surface area contributed by atoms with Gasteiger partial charge in [-0.2, -0.15) is 0 Å². The van der Waals surface area contributed by atoms with E-state index in [1.165, 1.54) is 105 Å². The molecular formula is C64H44N2. The van der Waals surface area contributed by atoms with Crippen LogP contribution in [0.25, 0.3) is 116 Å². The van der Waals surface area contributed by atoms with Crippen LogP contribution in [-0.2, 0) is 5.41 Å². The molecule has 10 aromatic carbocycles. The van der Waals surface area contributed by atoms with Crippen molar-refractivity contribution in [3.05, 3.63) is 242 Å². The predicted molar refractivity (Wildman–Crippen MR) is 278 cm³/mol. The summed E-state index contributed by atoms with van der Waals surface area (Å²) in [5.74, 6) is 0. The van der Waals surface area contributed by atoms with Gasteiger partial charge in [-0.15, -0.1) is 0 Å².